The standard InChI is InChI=1S/C15H20N2O/c18-15(17-13-5-6-13)7-8-16-10-12-9-11-3-1-2-4-14(11)12/h1-4,12-13,16H,5-10H2,(H,17,18). The molecule has 0 spiro atoms. The lowest BCUT2D eigenvalue weighted by Gasteiger charge is -2.30. The molecule has 1 amide bonds. The van der Waals surface area contributed by atoms with E-state index in [0.29, 0.717) is 18.4 Å². The summed E-state index contributed by atoms with van der Waals surface area (Å²) < 4.78 is 0. The second-order valence-corrected chi connectivity index (χ2v) is 5.40. The van der Waals surface area contributed by atoms with E-state index >= 15 is 0 Å². The van der Waals surface area contributed by atoms with E-state index in [1.807, 2.05) is 0 Å². The average Bonchev–Trinajstić information content (AvgIpc) is 3.13. The molecule has 0 aromatic heterocycles. The number of benzene rings is 1. The molecule has 0 saturated heterocycles. The first-order chi connectivity index (χ1) is 8.83. The molecule has 1 unspecified atom stereocenters. The van der Waals surface area contributed by atoms with Crippen LogP contribution in [0.4, 0.5) is 0 Å². The fourth-order valence-corrected chi connectivity index (χ4v) is 2.55. The van der Waals surface area contributed by atoms with Crippen molar-refractivity contribution in [1.29, 1.82) is 0 Å². The van der Waals surface area contributed by atoms with Crippen molar-refractivity contribution in [1.82, 2.24) is 10.6 Å². The number of rotatable bonds is 6. The molecule has 18 heavy (non-hydrogen) atoms. The Hall–Kier alpha value is -1.35. The maximum Gasteiger partial charge on any atom is 0.221 e. The zero-order chi connectivity index (χ0) is 12.4. The number of hydrogen-bond acceptors (Lipinski definition) is 2. The van der Waals surface area contributed by atoms with Gasteiger partial charge in [-0.25, -0.2) is 0 Å². The summed E-state index contributed by atoms with van der Waals surface area (Å²) in [7, 11) is 0. The lowest BCUT2D eigenvalue weighted by atomic mass is 9.77. The lowest BCUT2D eigenvalue weighted by Crippen LogP contribution is -2.33. The van der Waals surface area contributed by atoms with E-state index in [9.17, 15) is 4.79 Å². The highest BCUT2D eigenvalue weighted by molar-refractivity contribution is 5.76. The van der Waals surface area contributed by atoms with Crippen molar-refractivity contribution in [3.8, 4) is 0 Å². The molecule has 96 valence electrons. The van der Waals surface area contributed by atoms with Crippen LogP contribution in [0, 0.1) is 0 Å². The normalized spacial score (nSPS) is 21.0. The molecule has 1 fully saturated rings. The van der Waals surface area contributed by atoms with Gasteiger partial charge in [-0.2, -0.15) is 0 Å². The molecule has 3 rings (SSSR count). The third kappa shape index (κ3) is 2.72. The van der Waals surface area contributed by atoms with Gasteiger partial charge in [-0.3, -0.25) is 4.79 Å². The van der Waals surface area contributed by atoms with Crippen LogP contribution >= 0.6 is 0 Å². The molecular weight excluding hydrogens is 224 g/mol. The monoisotopic (exact) mass is 244 g/mol. The van der Waals surface area contributed by atoms with E-state index in [-0.39, 0.29) is 5.91 Å². The van der Waals surface area contributed by atoms with Crippen LogP contribution in [0.25, 0.3) is 0 Å². The van der Waals surface area contributed by atoms with Gasteiger partial charge in [0.1, 0.15) is 0 Å². The summed E-state index contributed by atoms with van der Waals surface area (Å²) in [6.45, 7) is 1.78. The fraction of sp³-hybridized carbons (Fsp3) is 0.533. The molecule has 0 heterocycles. The Balaban J connectivity index is 1.32. The zero-order valence-corrected chi connectivity index (χ0v) is 10.6. The van der Waals surface area contributed by atoms with E-state index in [1.54, 1.807) is 0 Å². The Bertz CT molecular complexity index is 440. The smallest absolute Gasteiger partial charge is 0.221 e. The van der Waals surface area contributed by atoms with Crippen molar-refractivity contribution in [2.75, 3.05) is 13.1 Å². The first-order valence-corrected chi connectivity index (χ1v) is 6.91. The quantitative estimate of drug-likeness (QED) is 0.746. The highest BCUT2D eigenvalue weighted by atomic mass is 16.1. The molecule has 0 aliphatic heterocycles. The topological polar surface area (TPSA) is 41.1 Å². The van der Waals surface area contributed by atoms with Crippen LogP contribution in [-0.2, 0) is 11.2 Å². The van der Waals surface area contributed by atoms with Gasteiger partial charge in [0.25, 0.3) is 0 Å². The number of nitrogens with one attached hydrogen (secondary N) is 2. The summed E-state index contributed by atoms with van der Waals surface area (Å²) in [6.07, 6.45) is 4.11. The van der Waals surface area contributed by atoms with Crippen LogP contribution in [0.3, 0.4) is 0 Å². The van der Waals surface area contributed by atoms with Gasteiger partial charge in [-0.15, -0.1) is 0 Å². The molecule has 1 aromatic rings. The SMILES string of the molecule is O=C(CCNCC1Cc2ccccc21)NC1CC1. The van der Waals surface area contributed by atoms with E-state index in [0.717, 1.165) is 25.9 Å². The highest BCUT2D eigenvalue weighted by Crippen LogP contribution is 2.33. The second kappa shape index (κ2) is 5.11. The molecule has 0 bridgehead atoms. The third-order valence-electron chi connectivity index (χ3n) is 3.82. The maximum atomic E-state index is 11.5. The van der Waals surface area contributed by atoms with E-state index < -0.39 is 0 Å². The minimum absolute atomic E-state index is 0.194. The van der Waals surface area contributed by atoms with Gasteiger partial charge in [0.2, 0.25) is 5.91 Å². The summed E-state index contributed by atoms with van der Waals surface area (Å²) in [5, 5.41) is 6.40. The number of hydrogen-bond donors (Lipinski definition) is 2. The number of carbonyl (C=O) groups is 1. The molecular formula is C15H20N2O. The summed E-state index contributed by atoms with van der Waals surface area (Å²) >= 11 is 0. The zero-order valence-electron chi connectivity index (χ0n) is 10.6. The van der Waals surface area contributed by atoms with E-state index in [1.165, 1.54) is 17.5 Å². The Morgan fingerprint density at radius 1 is 1.28 bits per heavy atom. The molecule has 2 N–H and O–H groups in total. The first kappa shape index (κ1) is 11.7. The number of fused-ring (bicyclic) bond motifs is 1. The van der Waals surface area contributed by atoms with Crippen molar-refractivity contribution >= 4 is 5.91 Å². The lowest BCUT2D eigenvalue weighted by molar-refractivity contribution is -0.121. The Labute approximate surface area is 108 Å². The van der Waals surface area contributed by atoms with E-state index in [4.69, 9.17) is 0 Å². The van der Waals surface area contributed by atoms with Gasteiger partial charge in [0.05, 0.1) is 0 Å². The van der Waals surface area contributed by atoms with Gasteiger partial charge in [0.15, 0.2) is 0 Å². The number of carbonyl (C=O) groups excluding carboxylic acids is 1. The van der Waals surface area contributed by atoms with Gasteiger partial charge >= 0.3 is 0 Å². The third-order valence-corrected chi connectivity index (χ3v) is 3.82. The average molecular weight is 244 g/mol. The molecule has 1 saturated carbocycles. The molecule has 3 heteroatoms. The van der Waals surface area contributed by atoms with Crippen LogP contribution < -0.4 is 10.6 Å². The minimum atomic E-state index is 0.194. The largest absolute Gasteiger partial charge is 0.353 e. The molecule has 2 aliphatic carbocycles. The van der Waals surface area contributed by atoms with Crippen molar-refractivity contribution in [3.05, 3.63) is 35.4 Å². The van der Waals surface area contributed by atoms with Gasteiger partial charge in [0, 0.05) is 31.5 Å². The fourth-order valence-electron chi connectivity index (χ4n) is 2.55. The molecule has 2 aliphatic rings. The van der Waals surface area contributed by atoms with Crippen molar-refractivity contribution in [3.63, 3.8) is 0 Å². The predicted octanol–water partition coefficient (Wildman–Crippen LogP) is 1.58. The van der Waals surface area contributed by atoms with Gasteiger partial charge in [-0.1, -0.05) is 24.3 Å². The van der Waals surface area contributed by atoms with Crippen LogP contribution in [0.1, 0.15) is 36.3 Å². The van der Waals surface area contributed by atoms with Crippen molar-refractivity contribution < 1.29 is 4.79 Å². The van der Waals surface area contributed by atoms with Gasteiger partial charge < -0.3 is 10.6 Å². The maximum absolute atomic E-state index is 11.5. The number of amides is 1. The first-order valence-electron chi connectivity index (χ1n) is 6.91. The Morgan fingerprint density at radius 2 is 2.11 bits per heavy atom. The summed E-state index contributed by atoms with van der Waals surface area (Å²) in [4.78, 5) is 11.5. The van der Waals surface area contributed by atoms with Crippen molar-refractivity contribution in [2.45, 2.75) is 37.6 Å². The Morgan fingerprint density at radius 3 is 2.89 bits per heavy atom. The summed E-state index contributed by atoms with van der Waals surface area (Å²) in [5.74, 6) is 0.840. The molecule has 0 radical (unpaired) electrons. The van der Waals surface area contributed by atoms with E-state index in [2.05, 4.69) is 34.9 Å². The minimum Gasteiger partial charge on any atom is -0.353 e. The molecule has 1 atom stereocenters. The van der Waals surface area contributed by atoms with Gasteiger partial charge in [-0.05, 0) is 30.4 Å². The molecule has 1 aromatic carbocycles. The highest BCUT2D eigenvalue weighted by Gasteiger charge is 2.25. The van der Waals surface area contributed by atoms with Crippen LogP contribution in [0.2, 0.25) is 0 Å². The predicted molar refractivity (Wildman–Crippen MR) is 71.5 cm³/mol. The van der Waals surface area contributed by atoms with Crippen molar-refractivity contribution in [2.24, 2.45) is 0 Å². The van der Waals surface area contributed by atoms with Crippen LogP contribution in [0.5, 0.6) is 0 Å². The second-order valence-electron chi connectivity index (χ2n) is 5.40. The summed E-state index contributed by atoms with van der Waals surface area (Å²) in [6, 6.07) is 9.11. The molecule has 3 nitrogen and oxygen atoms in total. The van der Waals surface area contributed by atoms with Crippen LogP contribution in [0.15, 0.2) is 24.3 Å². The Kier molecular flexibility index (Phi) is 3.33. The summed E-state index contributed by atoms with van der Waals surface area (Å²) in [5.41, 5.74) is 2.96. The van der Waals surface area contributed by atoms with Crippen LogP contribution in [-0.4, -0.2) is 25.0 Å².